The average molecular weight is 423 g/mol. The summed E-state index contributed by atoms with van der Waals surface area (Å²) in [6.07, 6.45) is 0.797. The van der Waals surface area contributed by atoms with Crippen molar-refractivity contribution in [2.75, 3.05) is 12.4 Å². The number of imidazole rings is 1. The molecule has 0 aliphatic heterocycles. The number of thioether (sulfide) groups is 1. The highest BCUT2D eigenvalue weighted by Crippen LogP contribution is 2.22. The summed E-state index contributed by atoms with van der Waals surface area (Å²) in [4.78, 5) is 30.9. The van der Waals surface area contributed by atoms with Crippen LogP contribution in [0.2, 0.25) is 5.02 Å². The number of rotatable bonds is 8. The number of halogens is 1. The van der Waals surface area contributed by atoms with Gasteiger partial charge in [-0.25, -0.2) is 9.78 Å². The quantitative estimate of drug-likeness (QED) is 0.424. The van der Waals surface area contributed by atoms with Gasteiger partial charge in [-0.1, -0.05) is 29.4 Å². The van der Waals surface area contributed by atoms with Crippen LogP contribution in [0.3, 0.4) is 0 Å². The molecule has 0 spiro atoms. The number of aliphatic hydroxyl groups is 1. The van der Waals surface area contributed by atoms with Gasteiger partial charge in [0.25, 0.3) is 5.56 Å². The van der Waals surface area contributed by atoms with Crippen LogP contribution in [0.1, 0.15) is 0 Å². The Labute approximate surface area is 169 Å². The van der Waals surface area contributed by atoms with Crippen LogP contribution in [0.15, 0.2) is 51.7 Å². The molecule has 1 aromatic carbocycles. The normalized spacial score (nSPS) is 12.2. The van der Waals surface area contributed by atoms with Crippen LogP contribution in [0.5, 0.6) is 5.75 Å². The zero-order valence-corrected chi connectivity index (χ0v) is 16.7. The van der Waals surface area contributed by atoms with E-state index in [1.165, 1.54) is 23.4 Å². The molecule has 1 atom stereocenters. The van der Waals surface area contributed by atoms with Crippen LogP contribution in [-0.2, 0) is 13.6 Å². The Hall–Kier alpha value is -2.49. The number of aryl methyl sites for hydroxylation is 1. The summed E-state index contributed by atoms with van der Waals surface area (Å²) >= 11 is 7.19. The number of aliphatic hydroxyl groups excluding tert-OH is 1. The molecule has 0 saturated heterocycles. The second-order valence-corrected chi connectivity index (χ2v) is 7.44. The second-order valence-electron chi connectivity index (χ2n) is 6.01. The summed E-state index contributed by atoms with van der Waals surface area (Å²) in [5.41, 5.74) is -0.624. The molecule has 0 bridgehead atoms. The summed E-state index contributed by atoms with van der Waals surface area (Å²) in [7, 11) is 1.53. The lowest BCUT2D eigenvalue weighted by atomic mass is 10.3. The molecule has 10 heteroatoms. The molecule has 2 N–H and O–H groups in total. The summed E-state index contributed by atoms with van der Waals surface area (Å²) in [5.74, 6) is 1.13. The summed E-state index contributed by atoms with van der Waals surface area (Å²) in [5, 5.41) is 11.5. The van der Waals surface area contributed by atoms with Crippen LogP contribution < -0.4 is 16.0 Å². The smallest absolute Gasteiger partial charge is 0.329 e. The van der Waals surface area contributed by atoms with E-state index in [2.05, 4.69) is 16.5 Å². The number of H-pyrrole nitrogens is 1. The van der Waals surface area contributed by atoms with E-state index in [9.17, 15) is 14.7 Å². The van der Waals surface area contributed by atoms with Crippen LogP contribution in [0, 0.1) is 0 Å². The Morgan fingerprint density at radius 1 is 1.39 bits per heavy atom. The number of ether oxygens (including phenoxy) is 1. The number of fused-ring (bicyclic) bond motifs is 1. The van der Waals surface area contributed by atoms with Crippen LogP contribution >= 0.6 is 23.4 Å². The summed E-state index contributed by atoms with van der Waals surface area (Å²) in [6, 6.07) is 6.79. The highest BCUT2D eigenvalue weighted by Gasteiger charge is 2.20. The van der Waals surface area contributed by atoms with Gasteiger partial charge in [0.15, 0.2) is 16.3 Å². The van der Waals surface area contributed by atoms with E-state index in [1.54, 1.807) is 34.9 Å². The number of nitrogens with one attached hydrogen (secondary N) is 1. The van der Waals surface area contributed by atoms with Crippen molar-refractivity contribution < 1.29 is 9.84 Å². The van der Waals surface area contributed by atoms with Gasteiger partial charge >= 0.3 is 5.69 Å². The van der Waals surface area contributed by atoms with Gasteiger partial charge in [-0.3, -0.25) is 14.3 Å². The topological polar surface area (TPSA) is 102 Å². The predicted octanol–water partition coefficient (Wildman–Crippen LogP) is 1.79. The van der Waals surface area contributed by atoms with Gasteiger partial charge in [0, 0.05) is 17.8 Å². The first-order valence-corrected chi connectivity index (χ1v) is 9.76. The molecule has 3 rings (SSSR count). The zero-order valence-electron chi connectivity index (χ0n) is 15.1. The molecule has 28 heavy (non-hydrogen) atoms. The molecule has 0 unspecified atom stereocenters. The third-order valence-corrected chi connectivity index (χ3v) is 5.18. The molecule has 8 nitrogen and oxygen atoms in total. The van der Waals surface area contributed by atoms with Crippen molar-refractivity contribution in [2.24, 2.45) is 7.05 Å². The fourth-order valence-corrected chi connectivity index (χ4v) is 3.48. The van der Waals surface area contributed by atoms with Gasteiger partial charge in [-0.05, 0) is 24.3 Å². The SMILES string of the molecule is C=CCSc1nc2c(c(=O)[nH]c(=O)n2C)n1C[C@@H](O)COc1ccc(Cl)cc1. The van der Waals surface area contributed by atoms with Crippen LogP contribution in [-0.4, -0.2) is 42.7 Å². The van der Waals surface area contributed by atoms with E-state index >= 15 is 0 Å². The molecule has 0 saturated carbocycles. The minimum Gasteiger partial charge on any atom is -0.491 e. The van der Waals surface area contributed by atoms with Gasteiger partial charge < -0.3 is 14.4 Å². The molecule has 148 valence electrons. The van der Waals surface area contributed by atoms with E-state index in [-0.39, 0.29) is 24.3 Å². The highest BCUT2D eigenvalue weighted by atomic mass is 35.5. The molecule has 0 amide bonds. The number of hydrogen-bond acceptors (Lipinski definition) is 6. The first kappa shape index (κ1) is 20.2. The van der Waals surface area contributed by atoms with Crippen molar-refractivity contribution in [3.05, 3.63) is 62.8 Å². The van der Waals surface area contributed by atoms with Gasteiger partial charge in [-0.2, -0.15) is 0 Å². The van der Waals surface area contributed by atoms with Crippen molar-refractivity contribution in [2.45, 2.75) is 17.8 Å². The molecule has 2 aromatic heterocycles. The average Bonchev–Trinajstić information content (AvgIpc) is 3.03. The maximum absolute atomic E-state index is 12.4. The summed E-state index contributed by atoms with van der Waals surface area (Å²) in [6.45, 7) is 3.76. The highest BCUT2D eigenvalue weighted by molar-refractivity contribution is 7.99. The van der Waals surface area contributed by atoms with Gasteiger partial charge in [0.1, 0.15) is 18.5 Å². The van der Waals surface area contributed by atoms with E-state index in [1.807, 2.05) is 0 Å². The zero-order chi connectivity index (χ0) is 20.3. The number of nitrogens with zero attached hydrogens (tertiary/aromatic N) is 3. The third-order valence-electron chi connectivity index (χ3n) is 3.95. The van der Waals surface area contributed by atoms with Crippen molar-refractivity contribution >= 4 is 34.5 Å². The number of aromatic amines is 1. The van der Waals surface area contributed by atoms with Gasteiger partial charge in [0.05, 0.1) is 6.54 Å². The lowest BCUT2D eigenvalue weighted by Gasteiger charge is -2.15. The Kier molecular flexibility index (Phi) is 6.28. The second kappa shape index (κ2) is 8.68. The van der Waals surface area contributed by atoms with Crippen molar-refractivity contribution in [1.29, 1.82) is 0 Å². The fourth-order valence-electron chi connectivity index (χ4n) is 2.61. The largest absolute Gasteiger partial charge is 0.491 e. The number of aromatic nitrogens is 4. The molecule has 0 aliphatic rings. The van der Waals surface area contributed by atoms with E-state index in [4.69, 9.17) is 16.3 Å². The lowest BCUT2D eigenvalue weighted by molar-refractivity contribution is 0.0914. The van der Waals surface area contributed by atoms with Crippen molar-refractivity contribution in [3.63, 3.8) is 0 Å². The maximum Gasteiger partial charge on any atom is 0.329 e. The standard InChI is InChI=1S/C18H19ClN4O4S/c1-3-8-28-18-20-15-14(16(25)21-17(26)22(15)2)23(18)9-12(24)10-27-13-6-4-11(19)5-7-13/h3-7,12,24H,1,8-10H2,2H3,(H,21,25,26)/t12-/m1/s1. The minimum absolute atomic E-state index is 0.0105. The molecular weight excluding hydrogens is 404 g/mol. The van der Waals surface area contributed by atoms with E-state index in [0.29, 0.717) is 21.7 Å². The Balaban J connectivity index is 1.88. The predicted molar refractivity (Wildman–Crippen MR) is 109 cm³/mol. The van der Waals surface area contributed by atoms with E-state index < -0.39 is 17.4 Å². The summed E-state index contributed by atoms with van der Waals surface area (Å²) < 4.78 is 8.43. The van der Waals surface area contributed by atoms with Crippen LogP contribution in [0.4, 0.5) is 0 Å². The minimum atomic E-state index is -0.909. The van der Waals surface area contributed by atoms with Gasteiger partial charge in [-0.15, -0.1) is 6.58 Å². The lowest BCUT2D eigenvalue weighted by Crippen LogP contribution is -2.30. The first-order chi connectivity index (χ1) is 13.4. The molecule has 2 heterocycles. The van der Waals surface area contributed by atoms with E-state index in [0.717, 1.165) is 0 Å². The molecule has 0 aliphatic carbocycles. The Morgan fingerprint density at radius 3 is 2.79 bits per heavy atom. The maximum atomic E-state index is 12.4. The first-order valence-electron chi connectivity index (χ1n) is 8.40. The third kappa shape index (κ3) is 4.32. The monoisotopic (exact) mass is 422 g/mol. The van der Waals surface area contributed by atoms with Gasteiger partial charge in [0.2, 0.25) is 0 Å². The van der Waals surface area contributed by atoms with Crippen LogP contribution in [0.25, 0.3) is 11.2 Å². The Bertz CT molecular complexity index is 1100. The molecule has 0 radical (unpaired) electrons. The molecule has 0 fully saturated rings. The number of hydrogen-bond donors (Lipinski definition) is 2. The number of benzene rings is 1. The molecule has 3 aromatic rings. The van der Waals surface area contributed by atoms with Crippen molar-refractivity contribution in [3.8, 4) is 5.75 Å². The Morgan fingerprint density at radius 2 is 2.11 bits per heavy atom. The molecular formula is C18H19ClN4O4S. The fraction of sp³-hybridized carbons (Fsp3) is 0.278. The van der Waals surface area contributed by atoms with Crippen molar-refractivity contribution in [1.82, 2.24) is 19.1 Å².